The fraction of sp³-hybridized carbons (Fsp3) is 0.333. The van der Waals surface area contributed by atoms with Crippen LogP contribution >= 0.6 is 11.8 Å². The minimum absolute atomic E-state index is 0.0752. The van der Waals surface area contributed by atoms with Crippen molar-refractivity contribution < 1.29 is 9.59 Å². The molecule has 1 aromatic heterocycles. The van der Waals surface area contributed by atoms with Gasteiger partial charge in [-0.15, -0.1) is 0 Å². The third-order valence-corrected chi connectivity index (χ3v) is 6.42. The molecule has 150 valence electrons. The van der Waals surface area contributed by atoms with Crippen LogP contribution in [0, 0.1) is 5.92 Å². The van der Waals surface area contributed by atoms with Gasteiger partial charge < -0.3 is 10.6 Å². The van der Waals surface area contributed by atoms with E-state index in [1.165, 1.54) is 16.3 Å². The molecule has 0 radical (unpaired) electrons. The van der Waals surface area contributed by atoms with Crippen molar-refractivity contribution >= 4 is 45.3 Å². The number of primary amides is 1. The maximum Gasteiger partial charge on any atom is 0.261 e. The normalized spacial score (nSPS) is 17.0. The number of nitrogens with zero attached hydrogens (tertiary/aromatic N) is 3. The van der Waals surface area contributed by atoms with Gasteiger partial charge in [0.1, 0.15) is 0 Å². The second kappa shape index (κ2) is 7.87. The van der Waals surface area contributed by atoms with Gasteiger partial charge in [-0.2, -0.15) is 0 Å². The number of carbonyl (C=O) groups is 2. The second-order valence-electron chi connectivity index (χ2n) is 7.35. The van der Waals surface area contributed by atoms with Crippen molar-refractivity contribution in [1.29, 1.82) is 0 Å². The Bertz CT molecular complexity index is 1170. The average molecular weight is 410 g/mol. The minimum atomic E-state index is -0.360. The summed E-state index contributed by atoms with van der Waals surface area (Å²) in [6.07, 6.45) is 1.49. The van der Waals surface area contributed by atoms with Crippen LogP contribution < -0.4 is 11.3 Å². The van der Waals surface area contributed by atoms with Crippen molar-refractivity contribution in [3.05, 3.63) is 46.8 Å². The van der Waals surface area contributed by atoms with Gasteiger partial charge in [-0.1, -0.05) is 36.0 Å². The lowest BCUT2D eigenvalue weighted by molar-refractivity contribution is -0.132. The van der Waals surface area contributed by atoms with Gasteiger partial charge in [0.2, 0.25) is 11.8 Å². The number of rotatable bonds is 4. The number of fused-ring (bicyclic) bond motifs is 2. The van der Waals surface area contributed by atoms with Crippen LogP contribution in [0.4, 0.5) is 0 Å². The van der Waals surface area contributed by atoms with Gasteiger partial charge in [0.15, 0.2) is 5.16 Å². The number of thioether (sulfide) groups is 1. The van der Waals surface area contributed by atoms with Gasteiger partial charge in [-0.05, 0) is 35.7 Å². The van der Waals surface area contributed by atoms with Gasteiger partial charge in [-0.25, -0.2) is 4.98 Å². The summed E-state index contributed by atoms with van der Waals surface area (Å²) in [6.45, 7) is 0.990. The van der Waals surface area contributed by atoms with Crippen molar-refractivity contribution in [2.75, 3.05) is 18.8 Å². The third kappa shape index (κ3) is 3.85. The molecule has 1 atom stereocenters. The van der Waals surface area contributed by atoms with E-state index in [2.05, 4.69) is 4.98 Å². The molecule has 2 N–H and O–H groups in total. The molecule has 0 spiro atoms. The standard InChI is InChI=1S/C21H22N4O3S/c1-24-20(28)16-9-13-5-2-3-6-14(13)10-17(16)23-21(24)29-12-18(26)25-8-4-7-15(11-25)19(22)27/h2-3,5-6,9-10,15H,4,7-8,11-12H2,1H3,(H2,22,27)/t15-/m0/s1. The van der Waals surface area contributed by atoms with Crippen LogP contribution in [0.3, 0.4) is 0 Å². The van der Waals surface area contributed by atoms with Crippen LogP contribution in [0.5, 0.6) is 0 Å². The molecule has 0 aliphatic carbocycles. The average Bonchev–Trinajstić information content (AvgIpc) is 2.74. The molecule has 0 saturated carbocycles. The smallest absolute Gasteiger partial charge is 0.261 e. The summed E-state index contributed by atoms with van der Waals surface area (Å²) in [7, 11) is 1.67. The van der Waals surface area contributed by atoms with Crippen LogP contribution in [0.25, 0.3) is 21.7 Å². The number of carbonyl (C=O) groups excluding carboxylic acids is 2. The Morgan fingerprint density at radius 1 is 1.24 bits per heavy atom. The molecule has 29 heavy (non-hydrogen) atoms. The molecule has 2 aromatic carbocycles. The summed E-state index contributed by atoms with van der Waals surface area (Å²) in [4.78, 5) is 43.2. The highest BCUT2D eigenvalue weighted by atomic mass is 32.2. The summed E-state index contributed by atoms with van der Waals surface area (Å²) in [5, 5.41) is 3.05. The number of piperidine rings is 1. The molecule has 2 amide bonds. The zero-order valence-electron chi connectivity index (χ0n) is 16.1. The zero-order valence-corrected chi connectivity index (χ0v) is 16.9. The molecule has 8 heteroatoms. The Morgan fingerprint density at radius 2 is 1.97 bits per heavy atom. The van der Waals surface area contributed by atoms with Crippen LogP contribution in [0.2, 0.25) is 0 Å². The number of likely N-dealkylation sites (tertiary alicyclic amines) is 1. The lowest BCUT2D eigenvalue weighted by atomic mass is 9.97. The molecule has 3 aromatic rings. The Morgan fingerprint density at radius 3 is 2.69 bits per heavy atom. The number of aromatic nitrogens is 2. The van der Waals surface area contributed by atoms with E-state index in [4.69, 9.17) is 5.73 Å². The Balaban J connectivity index is 1.57. The van der Waals surface area contributed by atoms with Crippen LogP contribution in [-0.4, -0.2) is 45.1 Å². The van der Waals surface area contributed by atoms with E-state index in [0.717, 1.165) is 23.6 Å². The molecule has 1 aliphatic rings. The number of hydrogen-bond donors (Lipinski definition) is 1. The molecule has 7 nitrogen and oxygen atoms in total. The number of amides is 2. The molecule has 1 saturated heterocycles. The van der Waals surface area contributed by atoms with Crippen molar-refractivity contribution in [2.45, 2.75) is 18.0 Å². The summed E-state index contributed by atoms with van der Waals surface area (Å²) in [6, 6.07) is 11.6. The SMILES string of the molecule is Cn1c(SCC(=O)N2CCC[C@H](C(N)=O)C2)nc2cc3ccccc3cc2c1=O. The quantitative estimate of drug-likeness (QED) is 0.402. The lowest BCUT2D eigenvalue weighted by Crippen LogP contribution is -2.44. The van der Waals surface area contributed by atoms with Crippen molar-refractivity contribution in [3.8, 4) is 0 Å². The summed E-state index contributed by atoms with van der Waals surface area (Å²) in [5.74, 6) is -0.561. The van der Waals surface area contributed by atoms with E-state index in [1.54, 1.807) is 11.9 Å². The number of hydrogen-bond acceptors (Lipinski definition) is 5. The van der Waals surface area contributed by atoms with Gasteiger partial charge in [0.25, 0.3) is 5.56 Å². The van der Waals surface area contributed by atoms with Crippen LogP contribution in [0.15, 0.2) is 46.3 Å². The summed E-state index contributed by atoms with van der Waals surface area (Å²) >= 11 is 1.24. The molecule has 4 rings (SSSR count). The maximum absolute atomic E-state index is 12.8. The van der Waals surface area contributed by atoms with E-state index in [-0.39, 0.29) is 29.0 Å². The molecule has 2 heterocycles. The van der Waals surface area contributed by atoms with E-state index >= 15 is 0 Å². The van der Waals surface area contributed by atoms with Gasteiger partial charge in [0.05, 0.1) is 22.6 Å². The molecule has 1 aliphatic heterocycles. The van der Waals surface area contributed by atoms with Gasteiger partial charge in [0, 0.05) is 20.1 Å². The minimum Gasteiger partial charge on any atom is -0.369 e. The Labute approximate surface area is 171 Å². The maximum atomic E-state index is 12.8. The first-order valence-corrected chi connectivity index (χ1v) is 10.5. The first-order chi connectivity index (χ1) is 13.9. The fourth-order valence-electron chi connectivity index (χ4n) is 3.72. The Kier molecular flexibility index (Phi) is 5.27. The molecular formula is C21H22N4O3S. The van der Waals surface area contributed by atoms with Crippen molar-refractivity contribution in [3.63, 3.8) is 0 Å². The van der Waals surface area contributed by atoms with Crippen molar-refractivity contribution in [2.24, 2.45) is 18.7 Å². The zero-order chi connectivity index (χ0) is 20.5. The van der Waals surface area contributed by atoms with E-state index < -0.39 is 0 Å². The highest BCUT2D eigenvalue weighted by Crippen LogP contribution is 2.23. The third-order valence-electron chi connectivity index (χ3n) is 5.40. The van der Waals surface area contributed by atoms with Gasteiger partial charge >= 0.3 is 0 Å². The van der Waals surface area contributed by atoms with E-state index in [9.17, 15) is 14.4 Å². The monoisotopic (exact) mass is 410 g/mol. The highest BCUT2D eigenvalue weighted by Gasteiger charge is 2.27. The number of benzene rings is 2. The van der Waals surface area contributed by atoms with E-state index in [1.807, 2.05) is 36.4 Å². The molecular weight excluding hydrogens is 388 g/mol. The van der Waals surface area contributed by atoms with Crippen LogP contribution in [0.1, 0.15) is 12.8 Å². The van der Waals surface area contributed by atoms with Gasteiger partial charge in [-0.3, -0.25) is 19.0 Å². The van der Waals surface area contributed by atoms with Crippen molar-refractivity contribution in [1.82, 2.24) is 14.5 Å². The first kappa shape index (κ1) is 19.4. The molecule has 0 bridgehead atoms. The molecule has 0 unspecified atom stereocenters. The lowest BCUT2D eigenvalue weighted by Gasteiger charge is -2.31. The predicted octanol–water partition coefficient (Wildman–Crippen LogP) is 1.90. The fourth-order valence-corrected chi connectivity index (χ4v) is 4.59. The first-order valence-electron chi connectivity index (χ1n) is 9.53. The Hall–Kier alpha value is -2.87. The summed E-state index contributed by atoms with van der Waals surface area (Å²) < 4.78 is 1.48. The topological polar surface area (TPSA) is 98.3 Å². The number of nitrogens with two attached hydrogens (primary N) is 1. The van der Waals surface area contributed by atoms with Crippen LogP contribution in [-0.2, 0) is 16.6 Å². The predicted molar refractivity (Wildman–Crippen MR) is 114 cm³/mol. The van der Waals surface area contributed by atoms with E-state index in [0.29, 0.717) is 29.1 Å². The second-order valence-corrected chi connectivity index (χ2v) is 8.29. The molecule has 1 fully saturated rings. The summed E-state index contributed by atoms with van der Waals surface area (Å²) in [5.41, 5.74) is 5.88. The largest absolute Gasteiger partial charge is 0.369 e. The highest BCUT2D eigenvalue weighted by molar-refractivity contribution is 7.99.